The molecule has 2 N–H and O–H groups in total. The Labute approximate surface area is 150 Å². The van der Waals surface area contributed by atoms with Crippen molar-refractivity contribution < 1.29 is 4.74 Å². The van der Waals surface area contributed by atoms with Gasteiger partial charge in [0.05, 0.1) is 18.3 Å². The van der Waals surface area contributed by atoms with Gasteiger partial charge in [-0.25, -0.2) is 0 Å². The first-order valence-electron chi connectivity index (χ1n) is 8.52. The summed E-state index contributed by atoms with van der Waals surface area (Å²) >= 11 is 5.45. The van der Waals surface area contributed by atoms with Gasteiger partial charge in [0.25, 0.3) is 0 Å². The fourth-order valence-corrected chi connectivity index (χ4v) is 2.84. The maximum absolute atomic E-state index is 5.61. The number of rotatable bonds is 7. The molecule has 0 amide bonds. The predicted octanol–water partition coefficient (Wildman–Crippen LogP) is 5.09. The average Bonchev–Trinajstić information content (AvgIpc) is 2.58. The second kappa shape index (κ2) is 9.28. The normalized spacial score (nSPS) is 11.6. The van der Waals surface area contributed by atoms with Crippen molar-refractivity contribution in [3.63, 3.8) is 0 Å². The smallest absolute Gasteiger partial charge is 0.171 e. The molecule has 0 aromatic heterocycles. The molecule has 2 rings (SSSR count). The van der Waals surface area contributed by atoms with Gasteiger partial charge in [-0.2, -0.15) is 0 Å². The van der Waals surface area contributed by atoms with Crippen LogP contribution in [0.4, 0.5) is 5.69 Å². The first kappa shape index (κ1) is 18.3. The van der Waals surface area contributed by atoms with E-state index in [0.29, 0.717) is 11.7 Å². The number of benzene rings is 2. The zero-order valence-electron chi connectivity index (χ0n) is 14.6. The van der Waals surface area contributed by atoms with E-state index < -0.39 is 0 Å². The van der Waals surface area contributed by atoms with Gasteiger partial charge < -0.3 is 15.4 Å². The summed E-state index contributed by atoms with van der Waals surface area (Å²) in [7, 11) is 0. The summed E-state index contributed by atoms with van der Waals surface area (Å²) in [6.07, 6.45) is 2.29. The summed E-state index contributed by atoms with van der Waals surface area (Å²) < 4.78 is 5.61. The van der Waals surface area contributed by atoms with Crippen LogP contribution in [-0.4, -0.2) is 11.7 Å². The number of anilines is 1. The van der Waals surface area contributed by atoms with Crippen LogP contribution in [0.1, 0.15) is 44.4 Å². The Hall–Kier alpha value is -2.07. The van der Waals surface area contributed by atoms with Crippen molar-refractivity contribution in [3.05, 3.63) is 59.7 Å². The summed E-state index contributed by atoms with van der Waals surface area (Å²) in [6.45, 7) is 6.90. The van der Waals surface area contributed by atoms with Gasteiger partial charge in [0, 0.05) is 0 Å². The first-order chi connectivity index (χ1) is 11.6. The zero-order chi connectivity index (χ0) is 17.4. The maximum Gasteiger partial charge on any atom is 0.171 e. The molecule has 0 bridgehead atoms. The number of hydrogen-bond acceptors (Lipinski definition) is 2. The van der Waals surface area contributed by atoms with E-state index in [4.69, 9.17) is 17.0 Å². The number of hydrogen-bond donors (Lipinski definition) is 2. The van der Waals surface area contributed by atoms with Crippen LogP contribution in [-0.2, 0) is 6.42 Å². The quantitative estimate of drug-likeness (QED) is 0.687. The van der Waals surface area contributed by atoms with Crippen LogP contribution in [0.15, 0.2) is 48.5 Å². The van der Waals surface area contributed by atoms with Gasteiger partial charge in [0.1, 0.15) is 5.75 Å². The van der Waals surface area contributed by atoms with Gasteiger partial charge in [-0.15, -0.1) is 0 Å². The fourth-order valence-electron chi connectivity index (χ4n) is 2.55. The zero-order valence-corrected chi connectivity index (χ0v) is 15.5. The van der Waals surface area contributed by atoms with E-state index in [9.17, 15) is 0 Å². The second-order valence-corrected chi connectivity index (χ2v) is 6.15. The third kappa shape index (κ3) is 5.24. The van der Waals surface area contributed by atoms with E-state index in [1.54, 1.807) is 0 Å². The van der Waals surface area contributed by atoms with Crippen LogP contribution in [0.5, 0.6) is 5.75 Å². The Bertz CT molecular complexity index is 655. The minimum absolute atomic E-state index is 0.139. The summed E-state index contributed by atoms with van der Waals surface area (Å²) in [5, 5.41) is 7.14. The van der Waals surface area contributed by atoms with Crippen molar-refractivity contribution >= 4 is 23.0 Å². The fraction of sp³-hybridized carbons (Fsp3) is 0.350. The average molecular weight is 343 g/mol. The van der Waals surface area contributed by atoms with Gasteiger partial charge in [-0.3, -0.25) is 0 Å². The lowest BCUT2D eigenvalue weighted by atomic mass is 10.0. The molecule has 3 nitrogen and oxygen atoms in total. The molecule has 1 atom stereocenters. The Balaban J connectivity index is 1.96. The van der Waals surface area contributed by atoms with E-state index in [1.165, 1.54) is 17.5 Å². The Kier molecular flexibility index (Phi) is 7.07. The molecule has 2 aromatic rings. The predicted molar refractivity (Wildman–Crippen MR) is 106 cm³/mol. The van der Waals surface area contributed by atoms with Crippen molar-refractivity contribution in [2.45, 2.75) is 39.7 Å². The van der Waals surface area contributed by atoms with E-state index in [0.717, 1.165) is 17.9 Å². The Morgan fingerprint density at radius 3 is 2.46 bits per heavy atom. The molecule has 128 valence electrons. The molecule has 0 spiro atoms. The van der Waals surface area contributed by atoms with E-state index in [1.807, 2.05) is 31.2 Å². The van der Waals surface area contributed by atoms with E-state index in [-0.39, 0.29) is 6.04 Å². The molecule has 0 saturated heterocycles. The second-order valence-electron chi connectivity index (χ2n) is 5.74. The molecule has 0 aliphatic heterocycles. The number of aryl methyl sites for hydroxylation is 1. The van der Waals surface area contributed by atoms with Crippen molar-refractivity contribution in [3.8, 4) is 5.75 Å². The van der Waals surface area contributed by atoms with Crippen molar-refractivity contribution in [2.24, 2.45) is 0 Å². The number of thiocarbonyl (C=S) groups is 1. The topological polar surface area (TPSA) is 33.3 Å². The van der Waals surface area contributed by atoms with Gasteiger partial charge in [-0.1, -0.05) is 49.7 Å². The molecule has 4 heteroatoms. The molecular formula is C20H26N2OS. The molecule has 24 heavy (non-hydrogen) atoms. The molecule has 2 aromatic carbocycles. The maximum atomic E-state index is 5.61. The molecule has 0 unspecified atom stereocenters. The lowest BCUT2D eigenvalue weighted by molar-refractivity contribution is 0.342. The molecule has 0 aliphatic carbocycles. The number of nitrogens with one attached hydrogen (secondary N) is 2. The molecule has 0 saturated carbocycles. The van der Waals surface area contributed by atoms with Gasteiger partial charge in [0.15, 0.2) is 5.11 Å². The van der Waals surface area contributed by atoms with Crippen molar-refractivity contribution in [2.75, 3.05) is 11.9 Å². The third-order valence-corrected chi connectivity index (χ3v) is 4.02. The largest absolute Gasteiger partial charge is 0.492 e. The molecule has 0 aliphatic rings. The lowest BCUT2D eigenvalue weighted by Crippen LogP contribution is -2.31. The van der Waals surface area contributed by atoms with Crippen molar-refractivity contribution in [1.29, 1.82) is 0 Å². The highest BCUT2D eigenvalue weighted by molar-refractivity contribution is 7.80. The van der Waals surface area contributed by atoms with Gasteiger partial charge in [0.2, 0.25) is 0 Å². The third-order valence-electron chi connectivity index (χ3n) is 3.80. The minimum atomic E-state index is 0.139. The van der Waals surface area contributed by atoms with Crippen LogP contribution in [0.2, 0.25) is 0 Å². The SMILES string of the molecule is CCCc1ccc([C@H](C)NC(=S)Nc2ccccc2OCC)cc1. The van der Waals surface area contributed by atoms with Crippen molar-refractivity contribution in [1.82, 2.24) is 5.32 Å². The lowest BCUT2D eigenvalue weighted by Gasteiger charge is -2.19. The standard InChI is InChI=1S/C20H26N2OS/c1-4-8-16-11-13-17(14-12-16)15(3)21-20(24)22-18-9-6-7-10-19(18)23-5-2/h6-7,9-15H,4-5,8H2,1-3H3,(H2,21,22,24)/t15-/m0/s1. The summed E-state index contributed by atoms with van der Waals surface area (Å²) in [5.74, 6) is 0.806. The molecule has 0 heterocycles. The van der Waals surface area contributed by atoms with Gasteiger partial charge in [-0.05, 0) is 55.7 Å². The number of para-hydroxylation sites is 2. The highest BCUT2D eigenvalue weighted by atomic mass is 32.1. The van der Waals surface area contributed by atoms with Gasteiger partial charge >= 0.3 is 0 Å². The number of ether oxygens (including phenoxy) is 1. The minimum Gasteiger partial charge on any atom is -0.492 e. The van der Waals surface area contributed by atoms with Crippen LogP contribution < -0.4 is 15.4 Å². The summed E-state index contributed by atoms with van der Waals surface area (Å²) in [6, 6.07) is 16.7. The van der Waals surface area contributed by atoms with Crippen LogP contribution in [0, 0.1) is 0 Å². The molecular weight excluding hydrogens is 316 g/mol. The summed E-state index contributed by atoms with van der Waals surface area (Å²) in [5.41, 5.74) is 3.47. The highest BCUT2D eigenvalue weighted by Crippen LogP contribution is 2.24. The monoisotopic (exact) mass is 342 g/mol. The summed E-state index contributed by atoms with van der Waals surface area (Å²) in [4.78, 5) is 0. The van der Waals surface area contributed by atoms with Crippen LogP contribution >= 0.6 is 12.2 Å². The Morgan fingerprint density at radius 2 is 1.79 bits per heavy atom. The highest BCUT2D eigenvalue weighted by Gasteiger charge is 2.09. The first-order valence-corrected chi connectivity index (χ1v) is 8.93. The Morgan fingerprint density at radius 1 is 1.08 bits per heavy atom. The molecule has 0 fully saturated rings. The van der Waals surface area contributed by atoms with E-state index in [2.05, 4.69) is 48.7 Å². The van der Waals surface area contributed by atoms with Crippen LogP contribution in [0.25, 0.3) is 0 Å². The van der Waals surface area contributed by atoms with E-state index >= 15 is 0 Å². The van der Waals surface area contributed by atoms with Crippen LogP contribution in [0.3, 0.4) is 0 Å². The molecule has 0 radical (unpaired) electrons.